The molecule has 0 aromatic heterocycles. The van der Waals surface area contributed by atoms with E-state index in [1.54, 1.807) is 0 Å². The van der Waals surface area contributed by atoms with Crippen molar-refractivity contribution in [2.45, 2.75) is 31.0 Å². The van der Waals surface area contributed by atoms with Crippen molar-refractivity contribution in [3.05, 3.63) is 65.5 Å². The number of nitrogens with zero attached hydrogens (tertiary/aromatic N) is 1. The highest BCUT2D eigenvalue weighted by molar-refractivity contribution is 5.74. The minimum atomic E-state index is -0.789. The van der Waals surface area contributed by atoms with Gasteiger partial charge in [0.1, 0.15) is 11.9 Å². The van der Waals surface area contributed by atoms with Gasteiger partial charge >= 0.3 is 5.97 Å². The van der Waals surface area contributed by atoms with Crippen molar-refractivity contribution >= 4 is 11.7 Å². The Morgan fingerprint density at radius 1 is 1.21 bits per heavy atom. The second-order valence-electron chi connectivity index (χ2n) is 6.52. The number of benzene rings is 2. The van der Waals surface area contributed by atoms with Gasteiger partial charge in [0.25, 0.3) is 0 Å². The van der Waals surface area contributed by atoms with Gasteiger partial charge in [-0.2, -0.15) is 0 Å². The number of para-hydroxylation sites is 1. The van der Waals surface area contributed by atoms with Crippen molar-refractivity contribution in [1.29, 1.82) is 0 Å². The number of hydrogen-bond donors (Lipinski definition) is 2. The molecule has 2 aromatic rings. The number of halogens is 1. The summed E-state index contributed by atoms with van der Waals surface area (Å²) < 4.78 is 13.1. The third-order valence-corrected chi connectivity index (χ3v) is 5.14. The summed E-state index contributed by atoms with van der Waals surface area (Å²) in [5, 5.41) is 12.5. The summed E-state index contributed by atoms with van der Waals surface area (Å²) in [6.07, 6.45) is 0.594. The minimum Gasteiger partial charge on any atom is -0.480 e. The Morgan fingerprint density at radius 3 is 2.71 bits per heavy atom. The number of aliphatic carboxylic acids is 1. The van der Waals surface area contributed by atoms with Gasteiger partial charge in [0.2, 0.25) is 0 Å². The van der Waals surface area contributed by atoms with Crippen LogP contribution in [0.15, 0.2) is 48.5 Å². The average Bonchev–Trinajstić information content (AvgIpc) is 2.90. The van der Waals surface area contributed by atoms with Crippen molar-refractivity contribution in [2.24, 2.45) is 0 Å². The fourth-order valence-electron chi connectivity index (χ4n) is 3.98. The second kappa shape index (κ2) is 5.91. The Hall–Kier alpha value is -2.40. The molecular weight excluding hydrogens is 307 g/mol. The Morgan fingerprint density at radius 2 is 1.96 bits per heavy atom. The van der Waals surface area contributed by atoms with E-state index in [-0.39, 0.29) is 17.8 Å². The molecule has 0 spiro atoms. The molecule has 3 atom stereocenters. The van der Waals surface area contributed by atoms with Crippen LogP contribution in [0.3, 0.4) is 0 Å². The maximum atomic E-state index is 13.1. The van der Waals surface area contributed by atoms with Gasteiger partial charge in [-0.05, 0) is 35.7 Å². The fourth-order valence-corrected chi connectivity index (χ4v) is 3.98. The van der Waals surface area contributed by atoms with Crippen LogP contribution in [0.5, 0.6) is 0 Å². The Labute approximate surface area is 139 Å². The number of carboxylic acid groups (broad SMARTS) is 1. The molecular formula is C19H19FN2O2. The fraction of sp³-hybridized carbons (Fsp3) is 0.316. The SMILES string of the molecule is O=C(O)[C@@H]1CC2c3ccccc3N(Cc3ccc(F)cc3)C2CN1. The normalized spacial score (nSPS) is 25.2. The van der Waals surface area contributed by atoms with Crippen LogP contribution in [-0.2, 0) is 11.3 Å². The van der Waals surface area contributed by atoms with E-state index in [0.717, 1.165) is 11.3 Å². The van der Waals surface area contributed by atoms with E-state index < -0.39 is 12.0 Å². The van der Waals surface area contributed by atoms with Gasteiger partial charge in [0.15, 0.2) is 0 Å². The van der Waals surface area contributed by atoms with Crippen LogP contribution in [0.25, 0.3) is 0 Å². The van der Waals surface area contributed by atoms with Crippen molar-refractivity contribution in [3.63, 3.8) is 0 Å². The largest absolute Gasteiger partial charge is 0.480 e. The van der Waals surface area contributed by atoms with Crippen molar-refractivity contribution in [2.75, 3.05) is 11.4 Å². The highest BCUT2D eigenvalue weighted by Gasteiger charge is 2.43. The molecule has 2 N–H and O–H groups in total. The van der Waals surface area contributed by atoms with E-state index in [1.807, 2.05) is 24.3 Å². The van der Waals surface area contributed by atoms with E-state index in [1.165, 1.54) is 17.7 Å². The zero-order valence-electron chi connectivity index (χ0n) is 13.2. The van der Waals surface area contributed by atoms with Gasteiger partial charge in [-0.15, -0.1) is 0 Å². The van der Waals surface area contributed by atoms with Crippen LogP contribution >= 0.6 is 0 Å². The first-order valence-electron chi connectivity index (χ1n) is 8.19. The summed E-state index contributed by atoms with van der Waals surface area (Å²) in [5.41, 5.74) is 3.43. The molecule has 4 rings (SSSR count). The third-order valence-electron chi connectivity index (χ3n) is 5.14. The molecule has 0 aliphatic carbocycles. The summed E-state index contributed by atoms with van der Waals surface area (Å²) in [6, 6.07) is 14.5. The molecule has 2 aliphatic heterocycles. The second-order valence-corrected chi connectivity index (χ2v) is 6.52. The molecule has 24 heavy (non-hydrogen) atoms. The Bertz CT molecular complexity index is 762. The zero-order valence-corrected chi connectivity index (χ0v) is 13.2. The first-order chi connectivity index (χ1) is 11.6. The molecule has 2 heterocycles. The van der Waals surface area contributed by atoms with Crippen molar-refractivity contribution < 1.29 is 14.3 Å². The van der Waals surface area contributed by atoms with E-state index in [4.69, 9.17) is 0 Å². The summed E-state index contributed by atoms with van der Waals surface area (Å²) in [4.78, 5) is 13.7. The van der Waals surface area contributed by atoms with Gasteiger partial charge in [-0.1, -0.05) is 30.3 Å². The highest BCUT2D eigenvalue weighted by Crippen LogP contribution is 2.45. The molecule has 0 saturated carbocycles. The van der Waals surface area contributed by atoms with Gasteiger partial charge < -0.3 is 15.3 Å². The predicted molar refractivity (Wildman–Crippen MR) is 89.6 cm³/mol. The van der Waals surface area contributed by atoms with Crippen molar-refractivity contribution in [1.82, 2.24) is 5.32 Å². The summed E-state index contributed by atoms with van der Waals surface area (Å²) in [5.74, 6) is -0.811. The quantitative estimate of drug-likeness (QED) is 0.911. The number of anilines is 1. The third kappa shape index (κ3) is 2.55. The number of fused-ring (bicyclic) bond motifs is 3. The van der Waals surface area contributed by atoms with Crippen LogP contribution in [0.4, 0.5) is 10.1 Å². The summed E-state index contributed by atoms with van der Waals surface area (Å²) in [6.45, 7) is 1.33. The van der Waals surface area contributed by atoms with Gasteiger partial charge in [0, 0.05) is 30.7 Å². The van der Waals surface area contributed by atoms with Crippen molar-refractivity contribution in [3.8, 4) is 0 Å². The zero-order chi connectivity index (χ0) is 16.7. The van der Waals surface area contributed by atoms with E-state index in [2.05, 4.69) is 22.3 Å². The van der Waals surface area contributed by atoms with Gasteiger partial charge in [-0.25, -0.2) is 4.39 Å². The number of piperidine rings is 1. The molecule has 2 aliphatic rings. The Balaban J connectivity index is 1.65. The molecule has 1 saturated heterocycles. The van der Waals surface area contributed by atoms with Crippen LogP contribution < -0.4 is 10.2 Å². The molecule has 1 fully saturated rings. The first-order valence-corrected chi connectivity index (χ1v) is 8.19. The van der Waals surface area contributed by atoms with E-state index in [0.29, 0.717) is 19.5 Å². The van der Waals surface area contributed by atoms with Gasteiger partial charge in [-0.3, -0.25) is 4.79 Å². The molecule has 2 aromatic carbocycles. The number of carboxylic acids is 1. The number of nitrogens with one attached hydrogen (secondary N) is 1. The molecule has 4 nitrogen and oxygen atoms in total. The van der Waals surface area contributed by atoms with Crippen LogP contribution in [-0.4, -0.2) is 29.7 Å². The monoisotopic (exact) mass is 326 g/mol. The highest BCUT2D eigenvalue weighted by atomic mass is 19.1. The summed E-state index contributed by atoms with van der Waals surface area (Å²) in [7, 11) is 0. The molecule has 0 bridgehead atoms. The minimum absolute atomic E-state index is 0.212. The number of carbonyl (C=O) groups is 1. The maximum Gasteiger partial charge on any atom is 0.320 e. The van der Waals surface area contributed by atoms with Gasteiger partial charge in [0.05, 0.1) is 0 Å². The maximum absolute atomic E-state index is 13.1. The smallest absolute Gasteiger partial charge is 0.320 e. The number of rotatable bonds is 3. The lowest BCUT2D eigenvalue weighted by Gasteiger charge is -2.36. The number of hydrogen-bond acceptors (Lipinski definition) is 3. The van der Waals surface area contributed by atoms with Crippen LogP contribution in [0, 0.1) is 5.82 Å². The van der Waals surface area contributed by atoms with E-state index in [9.17, 15) is 14.3 Å². The van der Waals surface area contributed by atoms with Crippen LogP contribution in [0.1, 0.15) is 23.5 Å². The average molecular weight is 326 g/mol. The molecule has 0 radical (unpaired) electrons. The Kier molecular flexibility index (Phi) is 3.73. The molecule has 5 heteroatoms. The van der Waals surface area contributed by atoms with E-state index >= 15 is 0 Å². The lowest BCUT2D eigenvalue weighted by molar-refractivity contribution is -0.140. The lowest BCUT2D eigenvalue weighted by Crippen LogP contribution is -2.53. The first kappa shape index (κ1) is 15.1. The summed E-state index contributed by atoms with van der Waals surface area (Å²) >= 11 is 0. The molecule has 0 amide bonds. The van der Waals surface area contributed by atoms with Crippen LogP contribution in [0.2, 0.25) is 0 Å². The predicted octanol–water partition coefficient (Wildman–Crippen LogP) is 2.74. The molecule has 124 valence electrons. The molecule has 2 unspecified atom stereocenters. The topological polar surface area (TPSA) is 52.6 Å². The lowest BCUT2D eigenvalue weighted by atomic mass is 9.85. The standard InChI is InChI=1S/C19H19FN2O2/c20-13-7-5-12(6-8-13)11-22-17-4-2-1-3-14(17)15-9-16(19(23)24)21-10-18(15)22/h1-8,15-16,18,21H,9-11H2,(H,23,24)/t15?,16-,18?/m0/s1.